The zero-order valence-electron chi connectivity index (χ0n) is 15.4. The predicted octanol–water partition coefficient (Wildman–Crippen LogP) is 3.47. The molecule has 146 valence electrons. The van der Waals surface area contributed by atoms with Gasteiger partial charge >= 0.3 is 0 Å². The number of sulfone groups is 1. The van der Waals surface area contributed by atoms with Gasteiger partial charge in [0.1, 0.15) is 11.5 Å². The van der Waals surface area contributed by atoms with Crippen molar-refractivity contribution in [3.8, 4) is 28.3 Å². The Morgan fingerprint density at radius 3 is 2.03 bits per heavy atom. The molecule has 3 aromatic carbocycles. The summed E-state index contributed by atoms with van der Waals surface area (Å²) in [6.45, 7) is 0. The van der Waals surface area contributed by atoms with Gasteiger partial charge in [-0.25, -0.2) is 8.42 Å². The monoisotopic (exact) mass is 407 g/mol. The van der Waals surface area contributed by atoms with Crippen LogP contribution in [0.5, 0.6) is 11.5 Å². The van der Waals surface area contributed by atoms with Crippen LogP contribution >= 0.6 is 0 Å². The molecule has 0 saturated carbocycles. The van der Waals surface area contributed by atoms with Crippen molar-refractivity contribution in [1.82, 2.24) is 4.57 Å². The van der Waals surface area contributed by atoms with Crippen molar-refractivity contribution in [2.24, 2.45) is 0 Å². The molecule has 0 saturated heterocycles. The molecule has 0 amide bonds. The van der Waals surface area contributed by atoms with Crippen molar-refractivity contribution >= 4 is 20.6 Å². The molecular weight excluding hydrogens is 390 g/mol. The molecule has 0 bridgehead atoms. The number of phenols is 2. The second kappa shape index (κ2) is 6.79. The number of aromatic hydroxyl groups is 2. The van der Waals surface area contributed by atoms with Gasteiger partial charge < -0.3 is 10.2 Å². The van der Waals surface area contributed by atoms with E-state index in [1.807, 2.05) is 0 Å². The summed E-state index contributed by atoms with van der Waals surface area (Å²) in [5.41, 5.74) is 1.64. The van der Waals surface area contributed by atoms with Crippen LogP contribution in [-0.2, 0) is 9.84 Å². The van der Waals surface area contributed by atoms with Crippen LogP contribution in [0.15, 0.2) is 82.6 Å². The molecule has 4 aromatic rings. The van der Waals surface area contributed by atoms with Gasteiger partial charge in [0.2, 0.25) is 0 Å². The van der Waals surface area contributed by atoms with E-state index in [1.165, 1.54) is 41.0 Å². The van der Waals surface area contributed by atoms with E-state index in [0.717, 1.165) is 6.26 Å². The Labute approximate surface area is 166 Å². The molecule has 0 spiro atoms. The van der Waals surface area contributed by atoms with Crippen LogP contribution in [-0.4, -0.2) is 29.5 Å². The second-order valence-electron chi connectivity index (χ2n) is 6.76. The average molecular weight is 407 g/mol. The number of aromatic nitrogens is 1. The van der Waals surface area contributed by atoms with E-state index < -0.39 is 9.84 Å². The maximum atomic E-state index is 13.0. The highest BCUT2D eigenvalue weighted by atomic mass is 32.2. The molecule has 0 fully saturated rings. The van der Waals surface area contributed by atoms with E-state index >= 15 is 0 Å². The summed E-state index contributed by atoms with van der Waals surface area (Å²) in [5, 5.41) is 20.4. The standard InChI is InChI=1S/C22H17NO5S/c1-29(27,28)18-9-2-14(3-10-18)21-13-23(15-4-6-16(24)7-5-15)22(26)19-11-8-17(25)12-20(19)21/h2-13,24-25H,1H3. The van der Waals surface area contributed by atoms with Gasteiger partial charge in [0.15, 0.2) is 9.84 Å². The van der Waals surface area contributed by atoms with Crippen LogP contribution in [0, 0.1) is 0 Å². The van der Waals surface area contributed by atoms with E-state index in [-0.39, 0.29) is 22.0 Å². The van der Waals surface area contributed by atoms with Gasteiger partial charge in [-0.2, -0.15) is 0 Å². The first-order valence-electron chi connectivity index (χ1n) is 8.72. The highest BCUT2D eigenvalue weighted by Gasteiger charge is 2.14. The van der Waals surface area contributed by atoms with Crippen molar-refractivity contribution in [3.63, 3.8) is 0 Å². The summed E-state index contributed by atoms with van der Waals surface area (Å²) in [6.07, 6.45) is 2.78. The van der Waals surface area contributed by atoms with Crippen molar-refractivity contribution in [2.75, 3.05) is 6.26 Å². The number of hydrogen-bond donors (Lipinski definition) is 2. The van der Waals surface area contributed by atoms with Gasteiger partial charge in [-0.05, 0) is 60.2 Å². The van der Waals surface area contributed by atoms with Crippen LogP contribution in [0.2, 0.25) is 0 Å². The topological polar surface area (TPSA) is 96.6 Å². The summed E-state index contributed by atoms with van der Waals surface area (Å²) in [7, 11) is -3.33. The number of benzene rings is 3. The third-order valence-corrected chi connectivity index (χ3v) is 5.85. The van der Waals surface area contributed by atoms with E-state index in [0.29, 0.717) is 27.6 Å². The number of nitrogens with zero attached hydrogens (tertiary/aromatic N) is 1. The van der Waals surface area contributed by atoms with Gasteiger partial charge in [-0.3, -0.25) is 9.36 Å². The molecule has 0 unspecified atom stereocenters. The van der Waals surface area contributed by atoms with Gasteiger partial charge in [0.25, 0.3) is 5.56 Å². The molecule has 0 atom stereocenters. The Kier molecular flexibility index (Phi) is 4.39. The van der Waals surface area contributed by atoms with E-state index in [9.17, 15) is 23.4 Å². The van der Waals surface area contributed by atoms with Crippen LogP contribution in [0.3, 0.4) is 0 Å². The smallest absolute Gasteiger partial charge is 0.262 e. The zero-order chi connectivity index (χ0) is 20.8. The molecule has 0 radical (unpaired) electrons. The molecule has 0 aliphatic rings. The minimum absolute atomic E-state index is 0.0216. The summed E-state index contributed by atoms with van der Waals surface area (Å²) in [6, 6.07) is 17.1. The van der Waals surface area contributed by atoms with Gasteiger partial charge in [0, 0.05) is 34.5 Å². The van der Waals surface area contributed by atoms with Gasteiger partial charge in [-0.1, -0.05) is 12.1 Å². The van der Waals surface area contributed by atoms with Crippen LogP contribution in [0.4, 0.5) is 0 Å². The Bertz CT molecular complexity index is 1390. The molecular formula is C22H17NO5S. The molecule has 1 heterocycles. The zero-order valence-corrected chi connectivity index (χ0v) is 16.2. The maximum absolute atomic E-state index is 13.0. The number of fused-ring (bicyclic) bond motifs is 1. The van der Waals surface area contributed by atoms with Crippen molar-refractivity contribution in [3.05, 3.63) is 83.3 Å². The first-order valence-corrected chi connectivity index (χ1v) is 10.6. The van der Waals surface area contributed by atoms with Crippen molar-refractivity contribution in [1.29, 1.82) is 0 Å². The highest BCUT2D eigenvalue weighted by Crippen LogP contribution is 2.31. The molecule has 0 aliphatic carbocycles. The molecule has 6 nitrogen and oxygen atoms in total. The lowest BCUT2D eigenvalue weighted by molar-refractivity contribution is 0.475. The Hall–Kier alpha value is -3.58. The molecule has 29 heavy (non-hydrogen) atoms. The van der Waals surface area contributed by atoms with Crippen molar-refractivity contribution in [2.45, 2.75) is 4.90 Å². The lowest BCUT2D eigenvalue weighted by atomic mass is 10.00. The molecule has 2 N–H and O–H groups in total. The third kappa shape index (κ3) is 3.48. The fourth-order valence-electron chi connectivity index (χ4n) is 3.25. The minimum Gasteiger partial charge on any atom is -0.508 e. The first-order chi connectivity index (χ1) is 13.7. The number of hydrogen-bond acceptors (Lipinski definition) is 5. The number of phenolic OH excluding ortho intramolecular Hbond substituents is 2. The lowest BCUT2D eigenvalue weighted by Gasteiger charge is -2.13. The second-order valence-corrected chi connectivity index (χ2v) is 8.78. The Morgan fingerprint density at radius 1 is 0.793 bits per heavy atom. The lowest BCUT2D eigenvalue weighted by Crippen LogP contribution is -2.18. The van der Waals surface area contributed by atoms with E-state index in [4.69, 9.17) is 0 Å². The quantitative estimate of drug-likeness (QED) is 0.542. The Morgan fingerprint density at radius 2 is 1.41 bits per heavy atom. The fraction of sp³-hybridized carbons (Fsp3) is 0.0455. The van der Waals surface area contributed by atoms with Crippen molar-refractivity contribution < 1.29 is 18.6 Å². The largest absolute Gasteiger partial charge is 0.508 e. The van der Waals surface area contributed by atoms with E-state index in [2.05, 4.69) is 0 Å². The highest BCUT2D eigenvalue weighted by molar-refractivity contribution is 7.90. The summed E-state index contributed by atoms with van der Waals surface area (Å²) in [4.78, 5) is 13.2. The van der Waals surface area contributed by atoms with Crippen LogP contribution in [0.1, 0.15) is 0 Å². The number of pyridine rings is 1. The average Bonchev–Trinajstić information content (AvgIpc) is 2.68. The number of rotatable bonds is 3. The Balaban J connectivity index is 2.02. The molecule has 7 heteroatoms. The van der Waals surface area contributed by atoms with Crippen LogP contribution in [0.25, 0.3) is 27.6 Å². The van der Waals surface area contributed by atoms with Gasteiger partial charge in [-0.15, -0.1) is 0 Å². The minimum atomic E-state index is -3.33. The molecule has 0 aliphatic heterocycles. The van der Waals surface area contributed by atoms with E-state index in [1.54, 1.807) is 36.5 Å². The summed E-state index contributed by atoms with van der Waals surface area (Å²) < 4.78 is 25.0. The maximum Gasteiger partial charge on any atom is 0.262 e. The predicted molar refractivity (Wildman–Crippen MR) is 111 cm³/mol. The van der Waals surface area contributed by atoms with Crippen LogP contribution < -0.4 is 5.56 Å². The summed E-state index contributed by atoms with van der Waals surface area (Å²) >= 11 is 0. The normalized spacial score (nSPS) is 11.6. The fourth-order valence-corrected chi connectivity index (χ4v) is 3.88. The molecule has 1 aromatic heterocycles. The molecule has 4 rings (SSSR count). The SMILES string of the molecule is CS(=O)(=O)c1ccc(-c2cn(-c3ccc(O)cc3)c(=O)c3ccc(O)cc23)cc1. The first kappa shape index (κ1) is 18.8. The summed E-state index contributed by atoms with van der Waals surface area (Å²) in [5.74, 6) is 0.109. The van der Waals surface area contributed by atoms with Gasteiger partial charge in [0.05, 0.1) is 4.90 Å². The third-order valence-electron chi connectivity index (χ3n) is 4.72.